The van der Waals surface area contributed by atoms with Crippen LogP contribution in [0.4, 0.5) is 0 Å². The first-order valence-electron chi connectivity index (χ1n) is 6.61. The van der Waals surface area contributed by atoms with Gasteiger partial charge in [0.05, 0.1) is 12.7 Å². The van der Waals surface area contributed by atoms with Crippen molar-refractivity contribution in [2.24, 2.45) is 0 Å². The fraction of sp³-hybridized carbons (Fsp3) is 0.533. The number of thioether (sulfide) groups is 1. The maximum Gasteiger partial charge on any atom is 0.136 e. The first-order chi connectivity index (χ1) is 9.28. The van der Waals surface area contributed by atoms with Crippen LogP contribution in [0, 0.1) is 11.3 Å². The molecule has 1 aliphatic rings. The van der Waals surface area contributed by atoms with E-state index in [9.17, 15) is 0 Å². The molecule has 102 valence electrons. The lowest BCUT2D eigenvalue weighted by molar-refractivity contribution is 0.412. The Balaban J connectivity index is 1.98. The summed E-state index contributed by atoms with van der Waals surface area (Å²) in [5.41, 5.74) is 1.76. The molecule has 1 aromatic rings. The van der Waals surface area contributed by atoms with Crippen molar-refractivity contribution in [3.8, 4) is 11.8 Å². The quantitative estimate of drug-likeness (QED) is 0.898. The molecule has 2 unspecified atom stereocenters. The summed E-state index contributed by atoms with van der Waals surface area (Å²) in [4.78, 5) is 0. The smallest absolute Gasteiger partial charge is 0.136 e. The van der Waals surface area contributed by atoms with Gasteiger partial charge in [-0.2, -0.15) is 17.0 Å². The van der Waals surface area contributed by atoms with E-state index in [1.54, 1.807) is 7.11 Å². The molecule has 2 atom stereocenters. The van der Waals surface area contributed by atoms with Gasteiger partial charge in [-0.05, 0) is 36.8 Å². The molecule has 1 fully saturated rings. The van der Waals surface area contributed by atoms with Gasteiger partial charge in [-0.3, -0.25) is 0 Å². The van der Waals surface area contributed by atoms with Crippen LogP contribution in [0.25, 0.3) is 0 Å². The summed E-state index contributed by atoms with van der Waals surface area (Å²) in [6, 6.07) is 8.53. The summed E-state index contributed by atoms with van der Waals surface area (Å²) in [5, 5.41) is 13.3. The van der Waals surface area contributed by atoms with E-state index in [0.717, 1.165) is 11.8 Å². The average molecular weight is 276 g/mol. The Morgan fingerprint density at radius 1 is 1.47 bits per heavy atom. The van der Waals surface area contributed by atoms with E-state index in [4.69, 9.17) is 10.00 Å². The van der Waals surface area contributed by atoms with Crippen LogP contribution in [-0.4, -0.2) is 24.7 Å². The molecule has 4 heteroatoms. The van der Waals surface area contributed by atoms with Gasteiger partial charge in [-0.25, -0.2) is 0 Å². The minimum absolute atomic E-state index is 0.592. The van der Waals surface area contributed by atoms with Crippen LogP contribution >= 0.6 is 11.8 Å². The Morgan fingerprint density at radius 3 is 3.00 bits per heavy atom. The van der Waals surface area contributed by atoms with Gasteiger partial charge in [-0.1, -0.05) is 12.5 Å². The van der Waals surface area contributed by atoms with Crippen molar-refractivity contribution in [2.75, 3.05) is 13.4 Å². The Bertz CT molecular complexity index is 470. The third-order valence-electron chi connectivity index (χ3n) is 3.71. The standard InChI is InChI=1S/C15H20N2OS/c1-18-14-8-11(6-7-12(14)9-16)10-17-13-4-3-5-15(13)19-2/h6-8,13,15,17H,3-5,10H2,1-2H3. The Hall–Kier alpha value is -1.18. The second kappa shape index (κ2) is 6.83. The summed E-state index contributed by atoms with van der Waals surface area (Å²) in [5.74, 6) is 0.662. The summed E-state index contributed by atoms with van der Waals surface area (Å²) >= 11 is 1.96. The number of nitriles is 1. The molecule has 0 spiro atoms. The second-order valence-corrected chi connectivity index (χ2v) is 5.92. The largest absolute Gasteiger partial charge is 0.495 e. The lowest BCUT2D eigenvalue weighted by atomic mass is 10.1. The molecule has 1 aliphatic carbocycles. The highest BCUT2D eigenvalue weighted by atomic mass is 32.2. The molecule has 0 aromatic heterocycles. The van der Waals surface area contributed by atoms with E-state index in [0.29, 0.717) is 17.4 Å². The predicted octanol–water partition coefficient (Wildman–Crippen LogP) is 2.94. The van der Waals surface area contributed by atoms with E-state index in [2.05, 4.69) is 17.6 Å². The topological polar surface area (TPSA) is 45.0 Å². The summed E-state index contributed by atoms with van der Waals surface area (Å²) in [7, 11) is 1.61. The average Bonchev–Trinajstić information content (AvgIpc) is 2.92. The van der Waals surface area contributed by atoms with Crippen LogP contribution in [0.1, 0.15) is 30.4 Å². The van der Waals surface area contributed by atoms with Gasteiger partial charge in [0.2, 0.25) is 0 Å². The van der Waals surface area contributed by atoms with Gasteiger partial charge in [-0.15, -0.1) is 0 Å². The number of hydrogen-bond acceptors (Lipinski definition) is 4. The fourth-order valence-electron chi connectivity index (χ4n) is 2.63. The molecular weight excluding hydrogens is 256 g/mol. The number of methoxy groups -OCH3 is 1. The first-order valence-corrected chi connectivity index (χ1v) is 7.90. The monoisotopic (exact) mass is 276 g/mol. The van der Waals surface area contributed by atoms with Crippen LogP contribution in [-0.2, 0) is 6.54 Å². The first kappa shape index (κ1) is 14.2. The molecule has 1 saturated carbocycles. The van der Waals surface area contributed by atoms with Crippen molar-refractivity contribution in [2.45, 2.75) is 37.1 Å². The molecule has 0 saturated heterocycles. The zero-order chi connectivity index (χ0) is 13.7. The highest BCUT2D eigenvalue weighted by Gasteiger charge is 2.25. The predicted molar refractivity (Wildman–Crippen MR) is 79.5 cm³/mol. The maximum absolute atomic E-state index is 8.96. The molecule has 19 heavy (non-hydrogen) atoms. The molecule has 1 N–H and O–H groups in total. The fourth-order valence-corrected chi connectivity index (χ4v) is 3.59. The zero-order valence-corrected chi connectivity index (χ0v) is 12.3. The number of benzene rings is 1. The summed E-state index contributed by atoms with van der Waals surface area (Å²) in [6.07, 6.45) is 6.09. The van der Waals surface area contributed by atoms with Gasteiger partial charge >= 0.3 is 0 Å². The Kier molecular flexibility index (Phi) is 5.12. The third-order valence-corrected chi connectivity index (χ3v) is 4.88. The van der Waals surface area contributed by atoms with Crippen LogP contribution in [0.2, 0.25) is 0 Å². The zero-order valence-electron chi connectivity index (χ0n) is 11.5. The minimum Gasteiger partial charge on any atom is -0.495 e. The molecule has 0 heterocycles. The minimum atomic E-state index is 0.592. The highest BCUT2D eigenvalue weighted by Crippen LogP contribution is 2.28. The third kappa shape index (κ3) is 3.43. The van der Waals surface area contributed by atoms with Gasteiger partial charge in [0.15, 0.2) is 0 Å². The van der Waals surface area contributed by atoms with Crippen molar-refractivity contribution in [1.82, 2.24) is 5.32 Å². The summed E-state index contributed by atoms with van der Waals surface area (Å²) < 4.78 is 5.24. The molecule has 3 nitrogen and oxygen atoms in total. The number of nitrogens with one attached hydrogen (secondary N) is 1. The lowest BCUT2D eigenvalue weighted by Crippen LogP contribution is -2.33. The summed E-state index contributed by atoms with van der Waals surface area (Å²) in [6.45, 7) is 0.837. The van der Waals surface area contributed by atoms with E-state index in [1.165, 1.54) is 24.8 Å². The second-order valence-electron chi connectivity index (χ2n) is 4.84. The Labute approximate surface area is 119 Å². The van der Waals surface area contributed by atoms with Gasteiger partial charge in [0.1, 0.15) is 11.8 Å². The van der Waals surface area contributed by atoms with Crippen LogP contribution in [0.3, 0.4) is 0 Å². The number of hydrogen-bond donors (Lipinski definition) is 1. The van der Waals surface area contributed by atoms with Crippen molar-refractivity contribution in [3.05, 3.63) is 29.3 Å². The molecule has 1 aromatic carbocycles. The van der Waals surface area contributed by atoms with Gasteiger partial charge in [0.25, 0.3) is 0 Å². The molecular formula is C15H20N2OS. The van der Waals surface area contributed by atoms with E-state index in [-0.39, 0.29) is 0 Å². The highest BCUT2D eigenvalue weighted by molar-refractivity contribution is 7.99. The van der Waals surface area contributed by atoms with Gasteiger partial charge < -0.3 is 10.1 Å². The van der Waals surface area contributed by atoms with Crippen molar-refractivity contribution in [1.29, 1.82) is 5.26 Å². The Morgan fingerprint density at radius 2 is 2.32 bits per heavy atom. The van der Waals surface area contributed by atoms with Crippen molar-refractivity contribution >= 4 is 11.8 Å². The lowest BCUT2D eigenvalue weighted by Gasteiger charge is -2.19. The van der Waals surface area contributed by atoms with Crippen molar-refractivity contribution < 1.29 is 4.74 Å². The molecule has 2 rings (SSSR count). The van der Waals surface area contributed by atoms with Crippen LogP contribution < -0.4 is 10.1 Å². The van der Waals surface area contributed by atoms with Crippen molar-refractivity contribution in [3.63, 3.8) is 0 Å². The molecule has 0 aliphatic heterocycles. The van der Waals surface area contributed by atoms with Crippen LogP contribution in [0.5, 0.6) is 5.75 Å². The van der Waals surface area contributed by atoms with E-state index < -0.39 is 0 Å². The molecule has 0 radical (unpaired) electrons. The molecule has 0 amide bonds. The number of nitrogens with zero attached hydrogens (tertiary/aromatic N) is 1. The maximum atomic E-state index is 8.96. The van der Waals surface area contributed by atoms with Gasteiger partial charge in [0, 0.05) is 17.8 Å². The number of ether oxygens (including phenoxy) is 1. The van der Waals surface area contributed by atoms with Crippen LogP contribution in [0.15, 0.2) is 18.2 Å². The SMILES string of the molecule is COc1cc(CNC2CCCC2SC)ccc1C#N. The molecule has 0 bridgehead atoms. The van der Waals surface area contributed by atoms with E-state index in [1.807, 2.05) is 30.0 Å². The number of rotatable bonds is 5. The van der Waals surface area contributed by atoms with E-state index >= 15 is 0 Å². The normalized spacial score (nSPS) is 22.2.